The molecule has 2 heterocycles. The number of hydrogen-bond acceptors (Lipinski definition) is 6. The zero-order valence-corrected chi connectivity index (χ0v) is 16.4. The van der Waals surface area contributed by atoms with Gasteiger partial charge in [-0.1, -0.05) is 12.1 Å². The van der Waals surface area contributed by atoms with E-state index in [2.05, 4.69) is 10.2 Å². The van der Waals surface area contributed by atoms with Crippen molar-refractivity contribution in [3.05, 3.63) is 29.8 Å². The van der Waals surface area contributed by atoms with Crippen molar-refractivity contribution in [1.82, 2.24) is 14.7 Å². The molecule has 28 heavy (non-hydrogen) atoms. The Morgan fingerprint density at radius 1 is 0.964 bits per heavy atom. The van der Waals surface area contributed by atoms with Crippen molar-refractivity contribution in [3.63, 3.8) is 0 Å². The topological polar surface area (TPSA) is 82.2 Å². The van der Waals surface area contributed by atoms with E-state index in [1.54, 1.807) is 24.3 Å². The molecule has 0 saturated carbocycles. The predicted molar refractivity (Wildman–Crippen MR) is 105 cm³/mol. The Hall–Kier alpha value is -2.29. The second kappa shape index (κ2) is 9.77. The van der Waals surface area contributed by atoms with Crippen LogP contribution in [-0.4, -0.2) is 97.9 Å². The maximum absolute atomic E-state index is 12.4. The maximum Gasteiger partial charge on any atom is 0.238 e. The highest BCUT2D eigenvalue weighted by molar-refractivity contribution is 5.97. The first kappa shape index (κ1) is 20.4. The highest BCUT2D eigenvalue weighted by Gasteiger charge is 2.24. The number of anilines is 1. The first-order chi connectivity index (χ1) is 13.5. The lowest BCUT2D eigenvalue weighted by atomic mass is 10.1. The number of benzene rings is 1. The minimum Gasteiger partial charge on any atom is -0.379 e. The van der Waals surface area contributed by atoms with Gasteiger partial charge in [0.15, 0.2) is 5.78 Å². The third kappa shape index (κ3) is 5.85. The van der Waals surface area contributed by atoms with Crippen molar-refractivity contribution in [2.75, 3.05) is 70.9 Å². The van der Waals surface area contributed by atoms with E-state index in [9.17, 15) is 14.4 Å². The number of ketones is 1. The summed E-state index contributed by atoms with van der Waals surface area (Å²) in [5, 5.41) is 2.84. The summed E-state index contributed by atoms with van der Waals surface area (Å²) < 4.78 is 5.31. The molecule has 0 radical (unpaired) electrons. The van der Waals surface area contributed by atoms with Crippen LogP contribution in [0.4, 0.5) is 5.69 Å². The van der Waals surface area contributed by atoms with E-state index in [0.29, 0.717) is 57.2 Å². The van der Waals surface area contributed by atoms with Gasteiger partial charge in [0.1, 0.15) is 0 Å². The number of nitrogens with zero attached hydrogens (tertiary/aromatic N) is 3. The van der Waals surface area contributed by atoms with Crippen LogP contribution >= 0.6 is 0 Å². The fourth-order valence-electron chi connectivity index (χ4n) is 3.43. The molecule has 2 fully saturated rings. The minimum absolute atomic E-state index is 0.0334. The van der Waals surface area contributed by atoms with Gasteiger partial charge in [0.05, 0.1) is 26.3 Å². The zero-order chi connectivity index (χ0) is 19.9. The van der Waals surface area contributed by atoms with Gasteiger partial charge in [-0.3, -0.25) is 24.2 Å². The molecule has 1 aromatic rings. The Morgan fingerprint density at radius 2 is 1.64 bits per heavy atom. The van der Waals surface area contributed by atoms with Crippen LogP contribution < -0.4 is 5.32 Å². The number of piperazine rings is 1. The summed E-state index contributed by atoms with van der Waals surface area (Å²) in [5.74, 6) is -0.00480. The van der Waals surface area contributed by atoms with Crippen LogP contribution in [0.3, 0.4) is 0 Å². The Bertz CT molecular complexity index is 710. The molecular weight excluding hydrogens is 360 g/mol. The van der Waals surface area contributed by atoms with E-state index in [1.807, 2.05) is 9.80 Å². The summed E-state index contributed by atoms with van der Waals surface area (Å²) in [6.45, 7) is 7.81. The van der Waals surface area contributed by atoms with Gasteiger partial charge in [-0.25, -0.2) is 0 Å². The fourth-order valence-corrected chi connectivity index (χ4v) is 3.43. The number of rotatable bonds is 6. The number of carbonyl (C=O) groups is 3. The Morgan fingerprint density at radius 3 is 2.32 bits per heavy atom. The standard InChI is InChI=1S/C20H28N4O4/c1-16(25)17-3-2-4-18(13-17)21-19(26)14-22-5-7-24(8-6-22)20(27)15-23-9-11-28-12-10-23/h2-4,13H,5-12,14-15H2,1H3,(H,21,26). The first-order valence-electron chi connectivity index (χ1n) is 9.72. The third-order valence-electron chi connectivity index (χ3n) is 5.11. The van der Waals surface area contributed by atoms with Crippen LogP contribution in [0.15, 0.2) is 24.3 Å². The molecule has 8 heteroatoms. The molecule has 2 saturated heterocycles. The van der Waals surface area contributed by atoms with Gasteiger partial charge >= 0.3 is 0 Å². The summed E-state index contributed by atoms with van der Waals surface area (Å²) >= 11 is 0. The molecule has 0 bridgehead atoms. The Balaban J connectivity index is 1.41. The van der Waals surface area contributed by atoms with Gasteiger partial charge < -0.3 is 15.0 Å². The molecule has 1 N–H and O–H groups in total. The van der Waals surface area contributed by atoms with E-state index in [-0.39, 0.29) is 24.1 Å². The van der Waals surface area contributed by atoms with Crippen LogP contribution in [0.2, 0.25) is 0 Å². The fraction of sp³-hybridized carbons (Fsp3) is 0.550. The van der Waals surface area contributed by atoms with Crippen LogP contribution in [-0.2, 0) is 14.3 Å². The molecule has 0 unspecified atom stereocenters. The average Bonchev–Trinajstić information content (AvgIpc) is 2.69. The Kier molecular flexibility index (Phi) is 7.13. The molecule has 1 aromatic carbocycles. The SMILES string of the molecule is CC(=O)c1cccc(NC(=O)CN2CCN(C(=O)CN3CCOCC3)CC2)c1. The number of ether oxygens (including phenoxy) is 1. The van der Waals surface area contributed by atoms with E-state index in [0.717, 1.165) is 13.1 Å². The van der Waals surface area contributed by atoms with Gasteiger partial charge in [0, 0.05) is 50.5 Å². The number of hydrogen-bond donors (Lipinski definition) is 1. The molecule has 0 atom stereocenters. The minimum atomic E-state index is -0.117. The molecule has 0 spiro atoms. The number of nitrogens with one attached hydrogen (secondary N) is 1. The summed E-state index contributed by atoms with van der Waals surface area (Å²) in [5.41, 5.74) is 1.20. The summed E-state index contributed by atoms with van der Waals surface area (Å²) in [6, 6.07) is 6.94. The lowest BCUT2D eigenvalue weighted by Gasteiger charge is -2.36. The summed E-state index contributed by atoms with van der Waals surface area (Å²) in [6.07, 6.45) is 0. The quantitative estimate of drug-likeness (QED) is 0.706. The van der Waals surface area contributed by atoms with Crippen LogP contribution in [0, 0.1) is 0 Å². The second-order valence-corrected chi connectivity index (χ2v) is 7.23. The molecule has 3 rings (SSSR count). The van der Waals surface area contributed by atoms with Gasteiger partial charge in [0.2, 0.25) is 11.8 Å². The maximum atomic E-state index is 12.4. The van der Waals surface area contributed by atoms with E-state index in [4.69, 9.17) is 4.74 Å². The van der Waals surface area contributed by atoms with E-state index in [1.165, 1.54) is 6.92 Å². The smallest absolute Gasteiger partial charge is 0.238 e. The van der Waals surface area contributed by atoms with Crippen molar-refractivity contribution in [3.8, 4) is 0 Å². The number of amides is 2. The van der Waals surface area contributed by atoms with Crippen molar-refractivity contribution >= 4 is 23.3 Å². The van der Waals surface area contributed by atoms with Crippen molar-refractivity contribution < 1.29 is 19.1 Å². The van der Waals surface area contributed by atoms with Crippen LogP contribution in [0.5, 0.6) is 0 Å². The van der Waals surface area contributed by atoms with Gasteiger partial charge in [-0.05, 0) is 19.1 Å². The number of morpholine rings is 1. The number of carbonyl (C=O) groups excluding carboxylic acids is 3. The molecule has 0 aromatic heterocycles. The molecule has 0 aliphatic carbocycles. The zero-order valence-electron chi connectivity index (χ0n) is 16.4. The van der Waals surface area contributed by atoms with Crippen LogP contribution in [0.25, 0.3) is 0 Å². The molecule has 152 valence electrons. The second-order valence-electron chi connectivity index (χ2n) is 7.23. The summed E-state index contributed by atoms with van der Waals surface area (Å²) in [7, 11) is 0. The molecule has 8 nitrogen and oxygen atoms in total. The van der Waals surface area contributed by atoms with Gasteiger partial charge in [-0.2, -0.15) is 0 Å². The number of Topliss-reactive ketones (excluding diaryl/α,β-unsaturated/α-hetero) is 1. The predicted octanol–water partition coefficient (Wildman–Crippen LogP) is 0.304. The average molecular weight is 388 g/mol. The normalized spacial score (nSPS) is 18.7. The lowest BCUT2D eigenvalue weighted by molar-refractivity contribution is -0.135. The molecule has 2 aliphatic rings. The molecule has 2 amide bonds. The third-order valence-corrected chi connectivity index (χ3v) is 5.11. The van der Waals surface area contributed by atoms with Crippen LogP contribution in [0.1, 0.15) is 17.3 Å². The lowest BCUT2D eigenvalue weighted by Crippen LogP contribution is -2.53. The largest absolute Gasteiger partial charge is 0.379 e. The van der Waals surface area contributed by atoms with Crippen molar-refractivity contribution in [1.29, 1.82) is 0 Å². The highest BCUT2D eigenvalue weighted by atomic mass is 16.5. The molecule has 2 aliphatic heterocycles. The highest BCUT2D eigenvalue weighted by Crippen LogP contribution is 2.12. The van der Waals surface area contributed by atoms with E-state index < -0.39 is 0 Å². The van der Waals surface area contributed by atoms with Crippen molar-refractivity contribution in [2.45, 2.75) is 6.92 Å². The first-order valence-corrected chi connectivity index (χ1v) is 9.72. The monoisotopic (exact) mass is 388 g/mol. The Labute approximate surface area is 165 Å². The van der Waals surface area contributed by atoms with Crippen molar-refractivity contribution in [2.24, 2.45) is 0 Å². The van der Waals surface area contributed by atoms with E-state index >= 15 is 0 Å². The molecular formula is C20H28N4O4. The summed E-state index contributed by atoms with van der Waals surface area (Å²) in [4.78, 5) is 42.2. The van der Waals surface area contributed by atoms with Gasteiger partial charge in [0.25, 0.3) is 0 Å². The van der Waals surface area contributed by atoms with Gasteiger partial charge in [-0.15, -0.1) is 0 Å².